The molecule has 0 bridgehead atoms. The predicted molar refractivity (Wildman–Crippen MR) is 75.3 cm³/mol. The van der Waals surface area contributed by atoms with Crippen LogP contribution in [0.2, 0.25) is 0 Å². The van der Waals surface area contributed by atoms with Crippen LogP contribution in [-0.4, -0.2) is 30.1 Å². The lowest BCUT2D eigenvalue weighted by Gasteiger charge is -2.31. The molecule has 1 aliphatic heterocycles. The summed E-state index contributed by atoms with van der Waals surface area (Å²) in [5.41, 5.74) is 0.638. The highest BCUT2D eigenvalue weighted by molar-refractivity contribution is 9.10. The summed E-state index contributed by atoms with van der Waals surface area (Å²) in [6.45, 7) is 3.60. The fourth-order valence-electron chi connectivity index (χ4n) is 1.92. The number of aromatic carboxylic acids is 1. The predicted octanol–water partition coefficient (Wildman–Crippen LogP) is 1.94. The Labute approximate surface area is 119 Å². The van der Waals surface area contributed by atoms with Crippen molar-refractivity contribution < 1.29 is 14.7 Å². The second kappa shape index (κ2) is 5.71. The van der Waals surface area contributed by atoms with Gasteiger partial charge in [0.15, 0.2) is 0 Å². The van der Waals surface area contributed by atoms with E-state index in [-0.39, 0.29) is 17.4 Å². The first-order chi connectivity index (χ1) is 8.97. The summed E-state index contributed by atoms with van der Waals surface area (Å²) in [6.07, 6.45) is 0. The van der Waals surface area contributed by atoms with E-state index in [9.17, 15) is 9.59 Å². The van der Waals surface area contributed by atoms with Crippen LogP contribution in [0.5, 0.6) is 0 Å². The summed E-state index contributed by atoms with van der Waals surface area (Å²) in [6, 6.07) is 4.64. The second-order valence-corrected chi connectivity index (χ2v) is 5.65. The maximum Gasteiger partial charge on any atom is 0.335 e. The topological polar surface area (TPSA) is 78.4 Å². The number of carboxylic acids is 1. The highest BCUT2D eigenvalue weighted by atomic mass is 79.9. The van der Waals surface area contributed by atoms with Crippen LogP contribution < -0.4 is 10.6 Å². The number of hydrogen-bond donors (Lipinski definition) is 3. The van der Waals surface area contributed by atoms with Crippen molar-refractivity contribution in [2.45, 2.75) is 6.92 Å². The third-order valence-corrected chi connectivity index (χ3v) is 3.80. The first-order valence-corrected chi connectivity index (χ1v) is 6.82. The van der Waals surface area contributed by atoms with Crippen LogP contribution in [0.25, 0.3) is 0 Å². The molecule has 19 heavy (non-hydrogen) atoms. The van der Waals surface area contributed by atoms with E-state index in [2.05, 4.69) is 26.6 Å². The molecule has 1 atom stereocenters. The molecule has 1 saturated heterocycles. The van der Waals surface area contributed by atoms with Crippen molar-refractivity contribution in [3.8, 4) is 0 Å². The number of halogens is 1. The number of benzene rings is 1. The van der Waals surface area contributed by atoms with E-state index in [1.54, 1.807) is 6.07 Å². The number of amides is 1. The summed E-state index contributed by atoms with van der Waals surface area (Å²) in [7, 11) is 0. The van der Waals surface area contributed by atoms with Crippen LogP contribution >= 0.6 is 15.9 Å². The van der Waals surface area contributed by atoms with Crippen molar-refractivity contribution in [3.05, 3.63) is 28.2 Å². The van der Waals surface area contributed by atoms with Gasteiger partial charge >= 0.3 is 5.97 Å². The summed E-state index contributed by atoms with van der Waals surface area (Å²) >= 11 is 3.24. The zero-order valence-electron chi connectivity index (χ0n) is 10.4. The number of carboxylic acid groups (broad SMARTS) is 1. The highest BCUT2D eigenvalue weighted by Gasteiger charge is 2.28. The SMILES string of the molecule is CC(C(=O)Nc1cc(Br)cc(C(=O)O)c1)C1CNC1. The van der Waals surface area contributed by atoms with Crippen molar-refractivity contribution >= 4 is 33.5 Å². The summed E-state index contributed by atoms with van der Waals surface area (Å²) in [5.74, 6) is -0.839. The van der Waals surface area contributed by atoms with Gasteiger partial charge in [0.2, 0.25) is 5.91 Å². The minimum absolute atomic E-state index is 0.0825. The quantitative estimate of drug-likeness (QED) is 0.790. The van der Waals surface area contributed by atoms with Gasteiger partial charge in [0.25, 0.3) is 0 Å². The van der Waals surface area contributed by atoms with Gasteiger partial charge in [0, 0.05) is 16.1 Å². The van der Waals surface area contributed by atoms with E-state index in [1.165, 1.54) is 12.1 Å². The van der Waals surface area contributed by atoms with Gasteiger partial charge < -0.3 is 15.7 Å². The van der Waals surface area contributed by atoms with Gasteiger partial charge in [-0.3, -0.25) is 4.79 Å². The van der Waals surface area contributed by atoms with Gasteiger partial charge in [-0.05, 0) is 37.2 Å². The molecule has 0 aromatic heterocycles. The Kier molecular flexibility index (Phi) is 4.21. The van der Waals surface area contributed by atoms with Gasteiger partial charge in [-0.25, -0.2) is 4.79 Å². The highest BCUT2D eigenvalue weighted by Crippen LogP contribution is 2.22. The first-order valence-electron chi connectivity index (χ1n) is 6.03. The average molecular weight is 327 g/mol. The van der Waals surface area contributed by atoms with Crippen molar-refractivity contribution in [3.63, 3.8) is 0 Å². The first kappa shape index (κ1) is 14.0. The Morgan fingerprint density at radius 1 is 1.42 bits per heavy atom. The number of rotatable bonds is 4. The third kappa shape index (κ3) is 3.33. The van der Waals surface area contributed by atoms with Gasteiger partial charge in [-0.2, -0.15) is 0 Å². The van der Waals surface area contributed by atoms with Crippen LogP contribution in [0.3, 0.4) is 0 Å². The molecule has 3 N–H and O–H groups in total. The van der Waals surface area contributed by atoms with Gasteiger partial charge in [0.05, 0.1) is 5.56 Å². The molecule has 1 unspecified atom stereocenters. The zero-order chi connectivity index (χ0) is 14.0. The lowest BCUT2D eigenvalue weighted by molar-refractivity contribution is -0.121. The van der Waals surface area contributed by atoms with Crippen molar-refractivity contribution in [1.29, 1.82) is 0 Å². The molecule has 1 heterocycles. The van der Waals surface area contributed by atoms with Crippen molar-refractivity contribution in [2.75, 3.05) is 18.4 Å². The van der Waals surface area contributed by atoms with E-state index < -0.39 is 5.97 Å². The molecule has 5 nitrogen and oxygen atoms in total. The third-order valence-electron chi connectivity index (χ3n) is 3.35. The van der Waals surface area contributed by atoms with Crippen LogP contribution in [0.1, 0.15) is 17.3 Å². The molecule has 0 saturated carbocycles. The normalized spacial score (nSPS) is 16.5. The number of hydrogen-bond acceptors (Lipinski definition) is 3. The maximum atomic E-state index is 12.0. The smallest absolute Gasteiger partial charge is 0.335 e. The van der Waals surface area contributed by atoms with Crippen LogP contribution in [0, 0.1) is 11.8 Å². The number of carbonyl (C=O) groups excluding carboxylic acids is 1. The van der Waals surface area contributed by atoms with E-state index in [1.807, 2.05) is 6.92 Å². The maximum absolute atomic E-state index is 12.0. The lowest BCUT2D eigenvalue weighted by Crippen LogP contribution is -2.48. The molecule has 1 aliphatic rings. The van der Waals surface area contributed by atoms with Crippen LogP contribution in [-0.2, 0) is 4.79 Å². The van der Waals surface area contributed by atoms with Gasteiger partial charge in [-0.1, -0.05) is 22.9 Å². The minimum Gasteiger partial charge on any atom is -0.478 e. The molecular weight excluding hydrogens is 312 g/mol. The molecule has 1 fully saturated rings. The Morgan fingerprint density at radius 3 is 2.63 bits per heavy atom. The molecule has 2 rings (SSSR count). The second-order valence-electron chi connectivity index (χ2n) is 4.73. The van der Waals surface area contributed by atoms with Crippen molar-refractivity contribution in [2.24, 2.45) is 11.8 Å². The van der Waals surface area contributed by atoms with E-state index in [4.69, 9.17) is 5.11 Å². The molecule has 1 aromatic carbocycles. The Bertz CT molecular complexity index is 515. The largest absolute Gasteiger partial charge is 0.478 e. The Morgan fingerprint density at radius 2 is 2.11 bits per heavy atom. The number of carbonyl (C=O) groups is 2. The minimum atomic E-state index is -1.02. The monoisotopic (exact) mass is 326 g/mol. The van der Waals surface area contributed by atoms with E-state index >= 15 is 0 Å². The molecule has 6 heteroatoms. The van der Waals surface area contributed by atoms with E-state index in [0.717, 1.165) is 13.1 Å². The van der Waals surface area contributed by atoms with Crippen LogP contribution in [0.4, 0.5) is 5.69 Å². The fourth-order valence-corrected chi connectivity index (χ4v) is 2.41. The molecule has 0 aliphatic carbocycles. The zero-order valence-corrected chi connectivity index (χ0v) is 12.0. The summed E-state index contributed by atoms with van der Waals surface area (Å²) < 4.78 is 0.626. The van der Waals surface area contributed by atoms with Crippen molar-refractivity contribution in [1.82, 2.24) is 5.32 Å². The number of anilines is 1. The van der Waals surface area contributed by atoms with Gasteiger partial charge in [0.1, 0.15) is 0 Å². The van der Waals surface area contributed by atoms with Crippen LogP contribution in [0.15, 0.2) is 22.7 Å². The number of nitrogens with one attached hydrogen (secondary N) is 2. The fraction of sp³-hybridized carbons (Fsp3) is 0.385. The Balaban J connectivity index is 2.09. The molecule has 0 radical (unpaired) electrons. The lowest BCUT2D eigenvalue weighted by atomic mass is 9.88. The molecule has 1 aromatic rings. The summed E-state index contributed by atoms with van der Waals surface area (Å²) in [4.78, 5) is 23.0. The average Bonchev–Trinajstić information content (AvgIpc) is 2.25. The molecule has 0 spiro atoms. The molecular formula is C13H15BrN2O3. The molecule has 102 valence electrons. The molecule has 1 amide bonds. The Hall–Kier alpha value is -1.40. The van der Waals surface area contributed by atoms with E-state index in [0.29, 0.717) is 16.1 Å². The summed E-state index contributed by atoms with van der Waals surface area (Å²) in [5, 5.41) is 14.9. The standard InChI is InChI=1S/C13H15BrN2O3/c1-7(9-5-15-6-9)12(17)16-11-3-8(13(18)19)2-10(14)4-11/h2-4,7,9,15H,5-6H2,1H3,(H,16,17)(H,18,19). The van der Waals surface area contributed by atoms with Gasteiger partial charge in [-0.15, -0.1) is 0 Å².